The van der Waals surface area contributed by atoms with Crippen LogP contribution in [0.15, 0.2) is 30.3 Å². The van der Waals surface area contributed by atoms with E-state index in [9.17, 15) is 19.7 Å². The van der Waals surface area contributed by atoms with E-state index < -0.39 is 10.9 Å². The molecule has 1 aliphatic rings. The van der Waals surface area contributed by atoms with Crippen molar-refractivity contribution in [2.24, 2.45) is 5.92 Å². The number of carbonyl (C=O) groups excluding carboxylic acids is 2. The number of nitro benzene ring substituents is 1. The molecule has 0 spiro atoms. The Kier molecular flexibility index (Phi) is 6.66. The van der Waals surface area contributed by atoms with Gasteiger partial charge in [-0.1, -0.05) is 6.92 Å². The first-order valence-corrected chi connectivity index (χ1v) is 10.6. The fraction of sp³-hybridized carbons (Fsp3) is 0.364. The highest BCUT2D eigenvalue weighted by atomic mass is 32.1. The molecule has 1 aliphatic carbocycles. The van der Waals surface area contributed by atoms with Crippen molar-refractivity contribution < 1.29 is 19.2 Å². The molecule has 0 bridgehead atoms. The van der Waals surface area contributed by atoms with Crippen molar-refractivity contribution in [3.8, 4) is 0 Å². The number of non-ortho nitro benzene ring substituents is 1. The van der Waals surface area contributed by atoms with Crippen LogP contribution in [0.25, 0.3) is 6.08 Å². The molecule has 0 fully saturated rings. The summed E-state index contributed by atoms with van der Waals surface area (Å²) in [6.07, 6.45) is 5.35. The van der Waals surface area contributed by atoms with Crippen LogP contribution in [0.2, 0.25) is 0 Å². The minimum absolute atomic E-state index is 0.0108. The molecule has 1 aromatic carbocycles. The van der Waals surface area contributed by atoms with E-state index in [0.29, 0.717) is 22.0 Å². The maximum Gasteiger partial charge on any atom is 0.341 e. The molecule has 1 N–H and O–H groups in total. The van der Waals surface area contributed by atoms with Crippen molar-refractivity contribution in [1.29, 1.82) is 0 Å². The van der Waals surface area contributed by atoms with Gasteiger partial charge in [-0.15, -0.1) is 11.3 Å². The molecule has 0 saturated heterocycles. The fourth-order valence-electron chi connectivity index (χ4n) is 3.36. The van der Waals surface area contributed by atoms with Gasteiger partial charge in [0, 0.05) is 23.1 Å². The molecule has 3 rings (SSSR count). The van der Waals surface area contributed by atoms with E-state index in [1.807, 2.05) is 0 Å². The average molecular weight is 429 g/mol. The third-order valence-electron chi connectivity index (χ3n) is 4.83. The highest BCUT2D eigenvalue weighted by molar-refractivity contribution is 7.17. The molecule has 158 valence electrons. The Balaban J connectivity index is 1.80. The summed E-state index contributed by atoms with van der Waals surface area (Å²) in [5.41, 5.74) is 2.10. The molecular formula is C22H24N2O5S. The lowest BCUT2D eigenvalue weighted by Gasteiger charge is -2.18. The number of ether oxygens (including phenoxy) is 1. The Bertz CT molecular complexity index is 992. The van der Waals surface area contributed by atoms with Crippen LogP contribution in [-0.4, -0.2) is 22.9 Å². The number of esters is 1. The predicted molar refractivity (Wildman–Crippen MR) is 117 cm³/mol. The first kappa shape index (κ1) is 21.7. The molecular weight excluding hydrogens is 404 g/mol. The van der Waals surface area contributed by atoms with Crippen molar-refractivity contribution in [1.82, 2.24) is 0 Å². The van der Waals surface area contributed by atoms with E-state index in [4.69, 9.17) is 4.74 Å². The number of hydrogen-bond donors (Lipinski definition) is 1. The second-order valence-electron chi connectivity index (χ2n) is 7.68. The number of nitrogens with zero attached hydrogens (tertiary/aromatic N) is 1. The standard InChI is InChI=1S/C22H24N2O5S/c1-13(2)29-22(26)20-17-10-4-14(3)12-18(17)30-21(20)23-19(25)11-7-15-5-8-16(9-6-15)24(27)28/h5-9,11,13-14H,4,10,12H2,1-3H3,(H,23,25)/b11-7+. The first-order valence-electron chi connectivity index (χ1n) is 9.83. The molecule has 7 nitrogen and oxygen atoms in total. The third kappa shape index (κ3) is 5.13. The number of nitrogens with one attached hydrogen (secondary N) is 1. The Morgan fingerprint density at radius 3 is 2.63 bits per heavy atom. The molecule has 0 saturated carbocycles. The normalized spacial score (nSPS) is 15.8. The molecule has 0 aliphatic heterocycles. The molecule has 30 heavy (non-hydrogen) atoms. The predicted octanol–water partition coefficient (Wildman–Crippen LogP) is 5.00. The van der Waals surface area contributed by atoms with E-state index in [1.165, 1.54) is 29.5 Å². The molecule has 1 aromatic heterocycles. The van der Waals surface area contributed by atoms with Crippen molar-refractivity contribution in [2.45, 2.75) is 46.1 Å². The lowest BCUT2D eigenvalue weighted by molar-refractivity contribution is -0.384. The number of rotatable bonds is 6. The number of carbonyl (C=O) groups is 2. The Hall–Kier alpha value is -3.00. The molecule has 8 heteroatoms. The minimum atomic E-state index is -0.475. The zero-order valence-electron chi connectivity index (χ0n) is 17.1. The maximum absolute atomic E-state index is 12.7. The zero-order chi connectivity index (χ0) is 21.8. The van der Waals surface area contributed by atoms with Crippen LogP contribution in [-0.2, 0) is 22.4 Å². The summed E-state index contributed by atoms with van der Waals surface area (Å²) in [7, 11) is 0. The van der Waals surface area contributed by atoms with Crippen LogP contribution >= 0.6 is 11.3 Å². The summed E-state index contributed by atoms with van der Waals surface area (Å²) >= 11 is 1.43. The number of amides is 1. The number of fused-ring (bicyclic) bond motifs is 1. The summed E-state index contributed by atoms with van der Waals surface area (Å²) in [5.74, 6) is -0.249. The number of nitro groups is 1. The minimum Gasteiger partial charge on any atom is -0.459 e. The van der Waals surface area contributed by atoms with Crippen molar-refractivity contribution in [3.05, 3.63) is 62.0 Å². The monoisotopic (exact) mass is 428 g/mol. The second-order valence-corrected chi connectivity index (χ2v) is 8.79. The van der Waals surface area contributed by atoms with Crippen LogP contribution in [0, 0.1) is 16.0 Å². The van der Waals surface area contributed by atoms with Gasteiger partial charge in [0.2, 0.25) is 5.91 Å². The van der Waals surface area contributed by atoms with Gasteiger partial charge in [0.05, 0.1) is 16.6 Å². The van der Waals surface area contributed by atoms with Gasteiger partial charge >= 0.3 is 5.97 Å². The van der Waals surface area contributed by atoms with Crippen LogP contribution < -0.4 is 5.32 Å². The lowest BCUT2D eigenvalue weighted by atomic mass is 9.88. The summed E-state index contributed by atoms with van der Waals surface area (Å²) < 4.78 is 5.41. The summed E-state index contributed by atoms with van der Waals surface area (Å²) in [4.78, 5) is 36.6. The van der Waals surface area contributed by atoms with Gasteiger partial charge in [-0.05, 0) is 68.4 Å². The van der Waals surface area contributed by atoms with Crippen LogP contribution in [0.1, 0.15) is 53.6 Å². The maximum atomic E-state index is 12.7. The third-order valence-corrected chi connectivity index (χ3v) is 6.00. The number of hydrogen-bond acceptors (Lipinski definition) is 6. The van der Waals surface area contributed by atoms with Gasteiger partial charge in [0.25, 0.3) is 5.69 Å². The summed E-state index contributed by atoms with van der Waals surface area (Å²) in [5, 5.41) is 14.1. The molecule has 1 atom stereocenters. The first-order chi connectivity index (χ1) is 14.2. The van der Waals surface area contributed by atoms with E-state index in [-0.39, 0.29) is 17.7 Å². The highest BCUT2D eigenvalue weighted by Gasteiger charge is 2.29. The van der Waals surface area contributed by atoms with E-state index in [1.54, 1.807) is 32.1 Å². The smallest absolute Gasteiger partial charge is 0.341 e. The molecule has 2 aromatic rings. The van der Waals surface area contributed by atoms with E-state index in [0.717, 1.165) is 29.7 Å². The Morgan fingerprint density at radius 1 is 1.30 bits per heavy atom. The largest absolute Gasteiger partial charge is 0.459 e. The summed E-state index contributed by atoms with van der Waals surface area (Å²) in [6.45, 7) is 5.77. The van der Waals surface area contributed by atoms with Crippen molar-refractivity contribution >= 4 is 40.0 Å². The fourth-order valence-corrected chi connectivity index (χ4v) is 4.76. The van der Waals surface area contributed by atoms with Crippen molar-refractivity contribution in [2.75, 3.05) is 5.32 Å². The Morgan fingerprint density at radius 2 is 2.00 bits per heavy atom. The number of anilines is 1. The van der Waals surface area contributed by atoms with E-state index in [2.05, 4.69) is 12.2 Å². The zero-order valence-corrected chi connectivity index (χ0v) is 18.0. The molecule has 0 radical (unpaired) electrons. The van der Waals surface area contributed by atoms with Crippen LogP contribution in [0.3, 0.4) is 0 Å². The van der Waals surface area contributed by atoms with Gasteiger partial charge < -0.3 is 10.1 Å². The van der Waals surface area contributed by atoms with Crippen LogP contribution in [0.4, 0.5) is 10.7 Å². The van der Waals surface area contributed by atoms with Crippen LogP contribution in [0.5, 0.6) is 0 Å². The van der Waals surface area contributed by atoms with Gasteiger partial charge in [0.1, 0.15) is 5.00 Å². The summed E-state index contributed by atoms with van der Waals surface area (Å²) in [6, 6.07) is 5.90. The highest BCUT2D eigenvalue weighted by Crippen LogP contribution is 2.40. The number of thiophene rings is 1. The molecule has 1 amide bonds. The molecule has 1 unspecified atom stereocenters. The average Bonchev–Trinajstić information content (AvgIpc) is 3.02. The Labute approximate surface area is 178 Å². The van der Waals surface area contributed by atoms with Gasteiger partial charge in [-0.3, -0.25) is 14.9 Å². The lowest BCUT2D eigenvalue weighted by Crippen LogP contribution is -2.18. The van der Waals surface area contributed by atoms with Crippen molar-refractivity contribution in [3.63, 3.8) is 0 Å². The SMILES string of the molecule is CC1CCc2c(sc(NC(=O)/C=C/c3ccc([N+](=O)[O-])cc3)c2C(=O)OC(C)C)C1. The van der Waals surface area contributed by atoms with Gasteiger partial charge in [-0.2, -0.15) is 0 Å². The second kappa shape index (κ2) is 9.21. The quantitative estimate of drug-likeness (QED) is 0.302. The molecule has 1 heterocycles. The number of benzene rings is 1. The van der Waals surface area contributed by atoms with Gasteiger partial charge in [0.15, 0.2) is 0 Å². The van der Waals surface area contributed by atoms with E-state index >= 15 is 0 Å². The topological polar surface area (TPSA) is 98.5 Å². The van der Waals surface area contributed by atoms with Gasteiger partial charge in [-0.25, -0.2) is 4.79 Å².